The van der Waals surface area contributed by atoms with Crippen LogP contribution in [0.2, 0.25) is 0 Å². The van der Waals surface area contributed by atoms with Gasteiger partial charge in [0.15, 0.2) is 0 Å². The number of hydrogen-bond acceptors (Lipinski definition) is 2. The average Bonchev–Trinajstić information content (AvgIpc) is 1.56. The molecule has 7 aromatic carbocycles. The topological polar surface area (TPSA) is 0 Å². The van der Waals surface area contributed by atoms with Crippen molar-refractivity contribution in [2.45, 2.75) is 283 Å². The van der Waals surface area contributed by atoms with Crippen LogP contribution in [0.4, 0.5) is 0 Å². The SMILES string of the molecule is CCCCCCCCCCCCC1(CCCCCCCCCC)c2cc(-c3ccc4c(c3)C(CCCCCCCCCC)(CCCCCCCCCC)c3cc(-c5ccccc5)ccc3-4)ccc2-c2ccc(-c3cc(/C=C/c4cccs4)c(-c4ccccc4)cc3/C=C/c3cccs3)cc21. The second kappa shape index (κ2) is 39.7. The third-order valence-corrected chi connectivity index (χ3v) is 24.7. The molecular weight excluding hydrogens is 1240 g/mol. The molecular formula is C98H122S2. The summed E-state index contributed by atoms with van der Waals surface area (Å²) >= 11 is 3.62. The molecule has 2 heteroatoms. The van der Waals surface area contributed by atoms with Crippen LogP contribution in [0.25, 0.3) is 91.1 Å². The summed E-state index contributed by atoms with van der Waals surface area (Å²) in [6, 6.07) is 67.4. The van der Waals surface area contributed by atoms with Crippen LogP contribution in [0.3, 0.4) is 0 Å². The van der Waals surface area contributed by atoms with E-state index >= 15 is 0 Å². The minimum absolute atomic E-state index is 0.0359. The predicted molar refractivity (Wildman–Crippen MR) is 445 cm³/mol. The van der Waals surface area contributed by atoms with Crippen molar-refractivity contribution in [2.24, 2.45) is 0 Å². The van der Waals surface area contributed by atoms with Crippen molar-refractivity contribution in [3.63, 3.8) is 0 Å². The molecule has 0 bridgehead atoms. The maximum Gasteiger partial charge on any atom is 0.0270 e. The molecule has 0 radical (unpaired) electrons. The summed E-state index contributed by atoms with van der Waals surface area (Å²) in [7, 11) is 0. The first-order valence-electron chi connectivity index (χ1n) is 40.8. The molecule has 0 fully saturated rings. The van der Waals surface area contributed by atoms with Crippen LogP contribution in [0, 0.1) is 0 Å². The molecule has 0 N–H and O–H groups in total. The van der Waals surface area contributed by atoms with Crippen molar-refractivity contribution < 1.29 is 0 Å². The third kappa shape index (κ3) is 19.6. The third-order valence-electron chi connectivity index (χ3n) is 23.0. The molecule has 0 amide bonds. The van der Waals surface area contributed by atoms with Gasteiger partial charge in [0, 0.05) is 20.6 Å². The van der Waals surface area contributed by atoms with E-state index in [0.29, 0.717) is 0 Å². The molecule has 2 heterocycles. The summed E-state index contributed by atoms with van der Waals surface area (Å²) in [4.78, 5) is 2.55. The Bertz CT molecular complexity index is 3890. The lowest BCUT2D eigenvalue weighted by molar-refractivity contribution is 0.397. The summed E-state index contributed by atoms with van der Waals surface area (Å²) in [5, 5.41) is 4.39. The van der Waals surface area contributed by atoms with Gasteiger partial charge < -0.3 is 0 Å². The number of hydrogen-bond donors (Lipinski definition) is 0. The van der Waals surface area contributed by atoms with Crippen LogP contribution >= 0.6 is 22.7 Å². The Morgan fingerprint density at radius 2 is 0.510 bits per heavy atom. The number of fused-ring (bicyclic) bond motifs is 6. The van der Waals surface area contributed by atoms with Crippen molar-refractivity contribution in [2.75, 3.05) is 0 Å². The Morgan fingerprint density at radius 3 is 0.830 bits per heavy atom. The quantitative estimate of drug-likeness (QED) is 0.0334. The molecule has 1 unspecified atom stereocenters. The van der Waals surface area contributed by atoms with Gasteiger partial charge in [0.25, 0.3) is 0 Å². The fourth-order valence-electron chi connectivity index (χ4n) is 17.4. The zero-order valence-corrected chi connectivity index (χ0v) is 63.9. The van der Waals surface area contributed by atoms with Crippen molar-refractivity contribution in [3.05, 3.63) is 224 Å². The van der Waals surface area contributed by atoms with E-state index in [-0.39, 0.29) is 10.8 Å². The fraction of sp³-hybridized carbons (Fsp3) is 0.449. The summed E-state index contributed by atoms with van der Waals surface area (Å²) < 4.78 is 0. The van der Waals surface area contributed by atoms with E-state index in [1.165, 1.54) is 332 Å². The van der Waals surface area contributed by atoms with Gasteiger partial charge in [0.1, 0.15) is 0 Å². The van der Waals surface area contributed by atoms with Crippen molar-refractivity contribution >= 4 is 47.0 Å². The monoisotopic (exact) mass is 1360 g/mol. The standard InChI is InChI=1S/C98H122S2/c1-5-9-13-17-21-25-26-30-34-44-68-98(67-43-33-29-24-20-16-12-8-4)95-75-81(57-63-89(95)90-64-58-84(76-96(90)98)92-72-82(53-59-85-51-45-69-99-85)91(78-49-39-36-40-50-78)71-83(92)54-60-86-52-46-70-100-86)80-56-62-88-87-61-55-79(77-47-37-35-38-48-77)73-93(87)97(94(88)74-80,65-41-31-27-22-18-14-10-6-2)66-42-32-28-23-19-15-11-7-3/h35-40,45-64,69-76H,5-34,41-44,65-68H2,1-4H3/b59-53+,60-54+. The van der Waals surface area contributed by atoms with Gasteiger partial charge in [-0.25, -0.2) is 0 Å². The van der Waals surface area contributed by atoms with Crippen LogP contribution in [0.1, 0.15) is 315 Å². The Labute approximate surface area is 615 Å². The molecule has 9 aromatic rings. The molecule has 526 valence electrons. The molecule has 0 spiro atoms. The Hall–Kier alpha value is -6.58. The van der Waals surface area contributed by atoms with Crippen LogP contribution < -0.4 is 0 Å². The lowest BCUT2D eigenvalue weighted by Crippen LogP contribution is -2.26. The van der Waals surface area contributed by atoms with Crippen LogP contribution in [-0.2, 0) is 10.8 Å². The highest BCUT2D eigenvalue weighted by molar-refractivity contribution is 7.11. The molecule has 2 aliphatic rings. The van der Waals surface area contributed by atoms with Gasteiger partial charge in [-0.3, -0.25) is 0 Å². The minimum Gasteiger partial charge on any atom is -0.144 e. The minimum atomic E-state index is -0.116. The van der Waals surface area contributed by atoms with Crippen LogP contribution in [0.15, 0.2) is 181 Å². The molecule has 0 nitrogen and oxygen atoms in total. The summed E-state index contributed by atoms with van der Waals surface area (Å²) in [6.07, 6.45) is 59.9. The molecule has 2 aromatic heterocycles. The van der Waals surface area contributed by atoms with E-state index in [2.05, 4.69) is 233 Å². The maximum absolute atomic E-state index is 2.77. The fourth-order valence-corrected chi connectivity index (χ4v) is 18.6. The van der Waals surface area contributed by atoms with E-state index in [1.54, 1.807) is 33.6 Å². The molecule has 0 aliphatic heterocycles. The van der Waals surface area contributed by atoms with Gasteiger partial charge in [0.05, 0.1) is 0 Å². The molecule has 11 rings (SSSR count). The predicted octanol–water partition coefficient (Wildman–Crippen LogP) is 32.3. The van der Waals surface area contributed by atoms with Gasteiger partial charge in [-0.2, -0.15) is 0 Å². The summed E-state index contributed by atoms with van der Waals surface area (Å²) in [5.41, 5.74) is 25.2. The van der Waals surface area contributed by atoms with Crippen LogP contribution in [0.5, 0.6) is 0 Å². The van der Waals surface area contributed by atoms with E-state index in [4.69, 9.17) is 0 Å². The van der Waals surface area contributed by atoms with Gasteiger partial charge in [-0.1, -0.05) is 379 Å². The number of rotatable bonds is 46. The second-order valence-electron chi connectivity index (χ2n) is 30.3. The zero-order valence-electron chi connectivity index (χ0n) is 62.3. The number of benzene rings is 7. The van der Waals surface area contributed by atoms with Gasteiger partial charge in [-0.05, 0) is 197 Å². The van der Waals surface area contributed by atoms with E-state index in [1.807, 2.05) is 11.3 Å². The van der Waals surface area contributed by atoms with Crippen molar-refractivity contribution in [1.82, 2.24) is 0 Å². The summed E-state index contributed by atoms with van der Waals surface area (Å²) in [6.45, 7) is 9.38. The van der Waals surface area contributed by atoms with Gasteiger partial charge in [0.2, 0.25) is 0 Å². The number of unbranched alkanes of at least 4 members (excludes halogenated alkanes) is 30. The van der Waals surface area contributed by atoms with Crippen molar-refractivity contribution in [3.8, 4) is 66.8 Å². The second-order valence-corrected chi connectivity index (χ2v) is 32.2. The molecule has 1 atom stereocenters. The first-order valence-corrected chi connectivity index (χ1v) is 42.5. The van der Waals surface area contributed by atoms with E-state index in [9.17, 15) is 0 Å². The first-order chi connectivity index (χ1) is 49.5. The summed E-state index contributed by atoms with van der Waals surface area (Å²) in [5.74, 6) is 0. The largest absolute Gasteiger partial charge is 0.144 e. The van der Waals surface area contributed by atoms with Crippen LogP contribution in [-0.4, -0.2) is 0 Å². The normalized spacial score (nSPS) is 14.4. The maximum atomic E-state index is 2.77. The Kier molecular flexibility index (Phi) is 29.6. The highest BCUT2D eigenvalue weighted by Gasteiger charge is 2.45. The lowest BCUT2D eigenvalue weighted by Gasteiger charge is -2.34. The lowest BCUT2D eigenvalue weighted by atomic mass is 9.69. The smallest absolute Gasteiger partial charge is 0.0270 e. The Balaban J connectivity index is 1.03. The Morgan fingerprint density at radius 1 is 0.230 bits per heavy atom. The first kappa shape index (κ1) is 74.6. The van der Waals surface area contributed by atoms with Crippen molar-refractivity contribution in [1.29, 1.82) is 0 Å². The highest BCUT2D eigenvalue weighted by atomic mass is 32.1. The number of thiophene rings is 2. The van der Waals surface area contributed by atoms with E-state index < -0.39 is 0 Å². The zero-order chi connectivity index (χ0) is 68.9. The molecule has 0 saturated carbocycles. The highest BCUT2D eigenvalue weighted by Crippen LogP contribution is 2.59. The van der Waals surface area contributed by atoms with Gasteiger partial charge >= 0.3 is 0 Å². The van der Waals surface area contributed by atoms with Gasteiger partial charge in [-0.15, -0.1) is 22.7 Å². The average molecular weight is 1360 g/mol. The molecule has 0 saturated heterocycles. The molecule has 2 aliphatic carbocycles. The molecule has 100 heavy (non-hydrogen) atoms. The van der Waals surface area contributed by atoms with E-state index in [0.717, 1.165) is 0 Å².